The highest BCUT2D eigenvalue weighted by molar-refractivity contribution is 8.02. The molecule has 0 aliphatic carbocycles. The molecule has 2 saturated heterocycles. The van der Waals surface area contributed by atoms with Gasteiger partial charge in [0.2, 0.25) is 5.91 Å². The zero-order valence-corrected chi connectivity index (χ0v) is 8.99. The molecule has 1 atom stereocenters. The number of thioether (sulfide) groups is 1. The summed E-state index contributed by atoms with van der Waals surface area (Å²) in [6.45, 7) is 4.19. The Labute approximate surface area is 83.2 Å². The van der Waals surface area contributed by atoms with Gasteiger partial charge in [-0.3, -0.25) is 4.79 Å². The summed E-state index contributed by atoms with van der Waals surface area (Å²) in [5, 5.41) is 3.28. The van der Waals surface area contributed by atoms with E-state index in [2.05, 4.69) is 17.3 Å². The highest BCUT2D eigenvalue weighted by Crippen LogP contribution is 2.40. The van der Waals surface area contributed by atoms with Crippen LogP contribution in [0.25, 0.3) is 0 Å². The molecule has 2 heterocycles. The number of likely N-dealkylation sites (tertiary alicyclic amines) is 1. The van der Waals surface area contributed by atoms with Crippen molar-refractivity contribution in [3.8, 4) is 0 Å². The van der Waals surface area contributed by atoms with Crippen LogP contribution in [0.3, 0.4) is 0 Å². The molecule has 0 bridgehead atoms. The first-order chi connectivity index (χ1) is 6.11. The monoisotopic (exact) mass is 200 g/mol. The lowest BCUT2D eigenvalue weighted by molar-refractivity contribution is -0.120. The second-order valence-electron chi connectivity index (χ2n) is 4.05. The third-order valence-corrected chi connectivity index (χ3v) is 4.45. The van der Waals surface area contributed by atoms with Gasteiger partial charge in [-0.1, -0.05) is 0 Å². The van der Waals surface area contributed by atoms with Gasteiger partial charge in [0.25, 0.3) is 0 Å². The number of carbonyl (C=O) groups excluding carboxylic acids is 1. The zero-order chi connectivity index (χ0) is 9.47. The minimum Gasteiger partial charge on any atom is -0.341 e. The first-order valence-corrected chi connectivity index (χ1v) is 5.68. The molecule has 0 aromatic carbocycles. The van der Waals surface area contributed by atoms with Crippen molar-refractivity contribution in [1.29, 1.82) is 0 Å². The second kappa shape index (κ2) is 3.17. The number of nitrogens with one attached hydrogen (secondary N) is 1. The van der Waals surface area contributed by atoms with Crippen molar-refractivity contribution in [3.05, 3.63) is 0 Å². The standard InChI is InChI=1S/C9H16N2OS/c1-7-8(12)10-9(13-7)3-5-11(2)6-4-9/h7H,3-6H2,1-2H3,(H,10,12). The fourth-order valence-corrected chi connectivity index (χ4v) is 3.39. The van der Waals surface area contributed by atoms with Gasteiger partial charge >= 0.3 is 0 Å². The molecule has 2 aliphatic rings. The van der Waals surface area contributed by atoms with E-state index in [1.807, 2.05) is 18.7 Å². The number of piperidine rings is 1. The van der Waals surface area contributed by atoms with Gasteiger partial charge in [0.1, 0.15) is 0 Å². The minimum absolute atomic E-state index is 0.0724. The van der Waals surface area contributed by atoms with Crippen molar-refractivity contribution in [2.45, 2.75) is 29.9 Å². The van der Waals surface area contributed by atoms with E-state index in [0.717, 1.165) is 25.9 Å². The van der Waals surface area contributed by atoms with Gasteiger partial charge in [0.15, 0.2) is 0 Å². The van der Waals surface area contributed by atoms with E-state index < -0.39 is 0 Å². The summed E-state index contributed by atoms with van der Waals surface area (Å²) in [6.07, 6.45) is 2.18. The van der Waals surface area contributed by atoms with Crippen LogP contribution in [0.5, 0.6) is 0 Å². The first-order valence-electron chi connectivity index (χ1n) is 4.80. The molecule has 13 heavy (non-hydrogen) atoms. The Kier molecular flexibility index (Phi) is 2.28. The Hall–Kier alpha value is -0.220. The quantitative estimate of drug-likeness (QED) is 0.623. The smallest absolute Gasteiger partial charge is 0.234 e. The summed E-state index contributed by atoms with van der Waals surface area (Å²) in [5.41, 5.74) is 0. The Balaban J connectivity index is 2.03. The molecule has 74 valence electrons. The van der Waals surface area contributed by atoms with Crippen molar-refractivity contribution < 1.29 is 4.79 Å². The number of rotatable bonds is 0. The van der Waals surface area contributed by atoms with Gasteiger partial charge in [-0.15, -0.1) is 11.8 Å². The van der Waals surface area contributed by atoms with Gasteiger partial charge < -0.3 is 10.2 Å². The maximum absolute atomic E-state index is 11.4. The third-order valence-electron chi connectivity index (χ3n) is 2.92. The normalized spacial score (nSPS) is 33.7. The molecule has 3 nitrogen and oxygen atoms in total. The third kappa shape index (κ3) is 1.70. The SMILES string of the molecule is CC1SC2(CCN(C)CC2)NC1=O. The molecule has 4 heteroatoms. The molecule has 2 aliphatic heterocycles. The number of carbonyl (C=O) groups is 1. The molecule has 0 aromatic heterocycles. The van der Waals surface area contributed by atoms with Crippen LogP contribution < -0.4 is 5.32 Å². The molecule has 0 aromatic rings. The average Bonchev–Trinajstić information content (AvgIpc) is 2.36. The molecule has 1 N–H and O–H groups in total. The molecule has 2 rings (SSSR count). The summed E-state index contributed by atoms with van der Waals surface area (Å²) in [6, 6.07) is 0. The van der Waals surface area contributed by atoms with Crippen molar-refractivity contribution in [2.75, 3.05) is 20.1 Å². The van der Waals surface area contributed by atoms with Crippen LogP contribution in [0.1, 0.15) is 19.8 Å². The Morgan fingerprint density at radius 2 is 2.15 bits per heavy atom. The summed E-state index contributed by atoms with van der Waals surface area (Å²) in [5.74, 6) is 0.217. The number of hydrogen-bond donors (Lipinski definition) is 1. The topological polar surface area (TPSA) is 32.3 Å². The van der Waals surface area contributed by atoms with Crippen LogP contribution >= 0.6 is 11.8 Å². The van der Waals surface area contributed by atoms with E-state index >= 15 is 0 Å². The van der Waals surface area contributed by atoms with Crippen LogP contribution in [0, 0.1) is 0 Å². The largest absolute Gasteiger partial charge is 0.341 e. The lowest BCUT2D eigenvalue weighted by Gasteiger charge is -2.36. The van der Waals surface area contributed by atoms with Gasteiger partial charge in [0.05, 0.1) is 10.1 Å². The van der Waals surface area contributed by atoms with E-state index in [1.165, 1.54) is 0 Å². The highest BCUT2D eigenvalue weighted by Gasteiger charge is 2.44. The van der Waals surface area contributed by atoms with Crippen LogP contribution in [0.2, 0.25) is 0 Å². The molecule has 2 fully saturated rings. The van der Waals surface area contributed by atoms with Gasteiger partial charge in [-0.25, -0.2) is 0 Å². The van der Waals surface area contributed by atoms with Gasteiger partial charge in [0, 0.05) is 13.1 Å². The molecular formula is C9H16N2OS. The van der Waals surface area contributed by atoms with Crippen LogP contribution in [-0.2, 0) is 4.79 Å². The van der Waals surface area contributed by atoms with Crippen LogP contribution in [0.15, 0.2) is 0 Å². The summed E-state index contributed by atoms with van der Waals surface area (Å²) < 4.78 is 0. The summed E-state index contributed by atoms with van der Waals surface area (Å²) >= 11 is 1.81. The Bertz CT molecular complexity index is 224. The van der Waals surface area contributed by atoms with Gasteiger partial charge in [-0.2, -0.15) is 0 Å². The van der Waals surface area contributed by atoms with Crippen LogP contribution in [-0.4, -0.2) is 41.1 Å². The molecule has 0 radical (unpaired) electrons. The summed E-state index contributed by atoms with van der Waals surface area (Å²) in [4.78, 5) is 13.8. The van der Waals surface area contributed by atoms with E-state index in [-0.39, 0.29) is 16.0 Å². The van der Waals surface area contributed by atoms with Crippen molar-refractivity contribution in [3.63, 3.8) is 0 Å². The molecule has 1 spiro atoms. The molecule has 0 saturated carbocycles. The van der Waals surface area contributed by atoms with Crippen molar-refractivity contribution in [2.24, 2.45) is 0 Å². The molecular weight excluding hydrogens is 184 g/mol. The Morgan fingerprint density at radius 1 is 1.54 bits per heavy atom. The van der Waals surface area contributed by atoms with E-state index in [0.29, 0.717) is 0 Å². The molecule has 1 amide bonds. The average molecular weight is 200 g/mol. The maximum Gasteiger partial charge on any atom is 0.234 e. The Morgan fingerprint density at radius 3 is 2.62 bits per heavy atom. The van der Waals surface area contributed by atoms with E-state index in [1.54, 1.807) is 0 Å². The van der Waals surface area contributed by atoms with Gasteiger partial charge in [-0.05, 0) is 26.8 Å². The fourth-order valence-electron chi connectivity index (χ4n) is 1.97. The maximum atomic E-state index is 11.4. The fraction of sp³-hybridized carbons (Fsp3) is 0.889. The predicted molar refractivity (Wildman–Crippen MR) is 54.7 cm³/mol. The van der Waals surface area contributed by atoms with Crippen LogP contribution in [0.4, 0.5) is 0 Å². The minimum atomic E-state index is 0.0724. The number of amides is 1. The lowest BCUT2D eigenvalue weighted by atomic mass is 10.0. The first kappa shape index (κ1) is 9.34. The zero-order valence-electron chi connectivity index (χ0n) is 8.17. The highest BCUT2D eigenvalue weighted by atomic mass is 32.2. The number of nitrogens with zero attached hydrogens (tertiary/aromatic N) is 1. The van der Waals surface area contributed by atoms with E-state index in [4.69, 9.17) is 0 Å². The van der Waals surface area contributed by atoms with Crippen molar-refractivity contribution in [1.82, 2.24) is 10.2 Å². The summed E-state index contributed by atoms with van der Waals surface area (Å²) in [7, 11) is 2.14. The lowest BCUT2D eigenvalue weighted by Crippen LogP contribution is -2.48. The van der Waals surface area contributed by atoms with Crippen molar-refractivity contribution >= 4 is 17.7 Å². The molecule has 1 unspecified atom stereocenters. The number of hydrogen-bond acceptors (Lipinski definition) is 3. The second-order valence-corrected chi connectivity index (χ2v) is 5.77. The van der Waals surface area contributed by atoms with E-state index in [9.17, 15) is 4.79 Å². The predicted octanol–water partition coefficient (Wildman–Crippen LogP) is 0.660.